The molecule has 72 valence electrons. The maximum atomic E-state index is 11.5. The summed E-state index contributed by atoms with van der Waals surface area (Å²) in [5, 5.41) is 11.3. The highest BCUT2D eigenvalue weighted by molar-refractivity contribution is 9.10. The molecule has 0 aromatic carbocycles. The van der Waals surface area contributed by atoms with Gasteiger partial charge in [0.25, 0.3) is 0 Å². The van der Waals surface area contributed by atoms with E-state index < -0.39 is 6.10 Å². The molecule has 0 aliphatic heterocycles. The summed E-state index contributed by atoms with van der Waals surface area (Å²) in [6, 6.07) is 1.82. The molecule has 1 aromatic rings. The summed E-state index contributed by atoms with van der Waals surface area (Å²) >= 11 is 4.62. The maximum Gasteiger partial charge on any atom is 0.202 e. The van der Waals surface area contributed by atoms with E-state index in [0.717, 1.165) is 10.9 Å². The van der Waals surface area contributed by atoms with Crippen LogP contribution in [0.5, 0.6) is 0 Å². The number of hydrogen-bond acceptors (Lipinski definition) is 3. The van der Waals surface area contributed by atoms with Gasteiger partial charge in [0, 0.05) is 4.47 Å². The van der Waals surface area contributed by atoms with Crippen LogP contribution in [0, 0.1) is 0 Å². The SMILES string of the molecule is CCCC(O)C(=O)c1sccc1Br. The molecule has 0 aliphatic rings. The lowest BCUT2D eigenvalue weighted by Gasteiger charge is -2.06. The van der Waals surface area contributed by atoms with Crippen molar-refractivity contribution in [2.75, 3.05) is 0 Å². The third-order valence-electron chi connectivity index (χ3n) is 1.71. The minimum atomic E-state index is -0.847. The van der Waals surface area contributed by atoms with Crippen LogP contribution in [0.1, 0.15) is 29.4 Å². The van der Waals surface area contributed by atoms with Gasteiger partial charge in [-0.05, 0) is 33.8 Å². The summed E-state index contributed by atoms with van der Waals surface area (Å²) in [5.41, 5.74) is 0. The number of carbonyl (C=O) groups is 1. The Morgan fingerprint density at radius 1 is 1.77 bits per heavy atom. The highest BCUT2D eigenvalue weighted by Crippen LogP contribution is 2.24. The Hall–Kier alpha value is -0.190. The zero-order valence-corrected chi connectivity index (χ0v) is 9.69. The number of ketones is 1. The van der Waals surface area contributed by atoms with Gasteiger partial charge in [-0.3, -0.25) is 4.79 Å². The molecule has 1 heterocycles. The maximum absolute atomic E-state index is 11.5. The molecule has 2 nitrogen and oxygen atoms in total. The molecule has 1 N–H and O–H groups in total. The molecule has 0 fully saturated rings. The van der Waals surface area contributed by atoms with Crippen LogP contribution in [0.4, 0.5) is 0 Å². The number of aliphatic hydroxyl groups is 1. The van der Waals surface area contributed by atoms with Crippen LogP contribution < -0.4 is 0 Å². The minimum Gasteiger partial charge on any atom is -0.385 e. The summed E-state index contributed by atoms with van der Waals surface area (Å²) in [5.74, 6) is -0.177. The van der Waals surface area contributed by atoms with Gasteiger partial charge in [0.2, 0.25) is 5.78 Å². The zero-order valence-electron chi connectivity index (χ0n) is 7.29. The van der Waals surface area contributed by atoms with Crippen molar-refractivity contribution in [2.45, 2.75) is 25.9 Å². The quantitative estimate of drug-likeness (QED) is 0.848. The second-order valence-corrected chi connectivity index (χ2v) is 4.54. The first kappa shape index (κ1) is 10.9. The number of carbonyl (C=O) groups excluding carboxylic acids is 1. The number of rotatable bonds is 4. The van der Waals surface area contributed by atoms with Crippen LogP contribution in [0.15, 0.2) is 15.9 Å². The lowest BCUT2D eigenvalue weighted by atomic mass is 10.1. The van der Waals surface area contributed by atoms with Crippen LogP contribution in [-0.2, 0) is 0 Å². The second-order valence-electron chi connectivity index (χ2n) is 2.77. The average molecular weight is 263 g/mol. The molecule has 0 saturated heterocycles. The van der Waals surface area contributed by atoms with Crippen molar-refractivity contribution in [2.24, 2.45) is 0 Å². The molecule has 1 rings (SSSR count). The van der Waals surface area contributed by atoms with Crippen LogP contribution in [0.3, 0.4) is 0 Å². The van der Waals surface area contributed by atoms with Crippen LogP contribution in [0.25, 0.3) is 0 Å². The fourth-order valence-electron chi connectivity index (χ4n) is 1.03. The van der Waals surface area contributed by atoms with Gasteiger partial charge in [-0.15, -0.1) is 11.3 Å². The zero-order chi connectivity index (χ0) is 9.84. The molecule has 1 unspecified atom stereocenters. The summed E-state index contributed by atoms with van der Waals surface area (Å²) in [4.78, 5) is 12.2. The highest BCUT2D eigenvalue weighted by atomic mass is 79.9. The Bertz CT molecular complexity index is 296. The third kappa shape index (κ3) is 2.62. The highest BCUT2D eigenvalue weighted by Gasteiger charge is 2.19. The van der Waals surface area contributed by atoms with E-state index in [4.69, 9.17) is 0 Å². The second kappa shape index (κ2) is 4.88. The van der Waals surface area contributed by atoms with Crippen molar-refractivity contribution < 1.29 is 9.90 Å². The van der Waals surface area contributed by atoms with Gasteiger partial charge in [0.15, 0.2) is 0 Å². The molecule has 0 amide bonds. The molecular weight excluding hydrogens is 252 g/mol. The van der Waals surface area contributed by atoms with Gasteiger partial charge in [-0.25, -0.2) is 0 Å². The standard InChI is InChI=1S/C9H11BrO2S/c1-2-3-7(11)8(12)9-6(10)4-5-13-9/h4-5,7,11H,2-3H2,1H3. The molecule has 0 bridgehead atoms. The first-order valence-corrected chi connectivity index (χ1v) is 5.79. The molecule has 0 spiro atoms. The molecule has 0 radical (unpaired) electrons. The molecular formula is C9H11BrO2S. The summed E-state index contributed by atoms with van der Waals surface area (Å²) < 4.78 is 0.776. The first-order chi connectivity index (χ1) is 6.16. The summed E-state index contributed by atoms with van der Waals surface area (Å²) in [6.07, 6.45) is 0.499. The molecule has 1 atom stereocenters. The number of halogens is 1. The van der Waals surface area contributed by atoms with E-state index in [0.29, 0.717) is 11.3 Å². The predicted octanol–water partition coefficient (Wildman–Crippen LogP) is 2.85. The topological polar surface area (TPSA) is 37.3 Å². The monoisotopic (exact) mass is 262 g/mol. The normalized spacial score (nSPS) is 12.8. The smallest absolute Gasteiger partial charge is 0.202 e. The lowest BCUT2D eigenvalue weighted by Crippen LogP contribution is -2.19. The van der Waals surface area contributed by atoms with Gasteiger partial charge >= 0.3 is 0 Å². The molecule has 0 aliphatic carbocycles. The van der Waals surface area contributed by atoms with E-state index in [-0.39, 0.29) is 5.78 Å². The summed E-state index contributed by atoms with van der Waals surface area (Å²) in [7, 11) is 0. The van der Waals surface area contributed by atoms with Crippen molar-refractivity contribution in [3.8, 4) is 0 Å². The molecule has 4 heteroatoms. The largest absolute Gasteiger partial charge is 0.385 e. The van der Waals surface area contributed by atoms with E-state index >= 15 is 0 Å². The lowest BCUT2D eigenvalue weighted by molar-refractivity contribution is 0.0733. The Kier molecular flexibility index (Phi) is 4.09. The van der Waals surface area contributed by atoms with E-state index in [2.05, 4.69) is 15.9 Å². The van der Waals surface area contributed by atoms with Gasteiger partial charge in [-0.1, -0.05) is 13.3 Å². The molecule has 1 aromatic heterocycles. The Morgan fingerprint density at radius 3 is 2.92 bits per heavy atom. The van der Waals surface area contributed by atoms with Crippen LogP contribution in [-0.4, -0.2) is 17.0 Å². The first-order valence-electron chi connectivity index (χ1n) is 4.12. The van der Waals surface area contributed by atoms with Gasteiger partial charge in [0.05, 0.1) is 4.88 Å². The van der Waals surface area contributed by atoms with E-state index in [1.165, 1.54) is 11.3 Å². The van der Waals surface area contributed by atoms with Crippen molar-refractivity contribution >= 4 is 33.0 Å². The van der Waals surface area contributed by atoms with Gasteiger partial charge < -0.3 is 5.11 Å². The van der Waals surface area contributed by atoms with Crippen LogP contribution in [0.2, 0.25) is 0 Å². The third-order valence-corrected chi connectivity index (χ3v) is 3.56. The number of aliphatic hydroxyl groups excluding tert-OH is 1. The molecule has 0 saturated carbocycles. The number of hydrogen-bond donors (Lipinski definition) is 1. The average Bonchev–Trinajstić information content (AvgIpc) is 2.50. The van der Waals surface area contributed by atoms with Crippen molar-refractivity contribution in [3.05, 3.63) is 20.8 Å². The van der Waals surface area contributed by atoms with Crippen molar-refractivity contribution in [1.29, 1.82) is 0 Å². The molecule has 13 heavy (non-hydrogen) atoms. The van der Waals surface area contributed by atoms with Crippen molar-refractivity contribution in [1.82, 2.24) is 0 Å². The van der Waals surface area contributed by atoms with Gasteiger partial charge in [-0.2, -0.15) is 0 Å². The van der Waals surface area contributed by atoms with E-state index in [1.54, 1.807) is 0 Å². The fourth-order valence-corrected chi connectivity index (χ4v) is 2.58. The Morgan fingerprint density at radius 2 is 2.46 bits per heavy atom. The van der Waals surface area contributed by atoms with Crippen molar-refractivity contribution in [3.63, 3.8) is 0 Å². The van der Waals surface area contributed by atoms with Gasteiger partial charge in [0.1, 0.15) is 6.10 Å². The van der Waals surface area contributed by atoms with E-state index in [9.17, 15) is 9.90 Å². The number of Topliss-reactive ketones (excluding diaryl/α,β-unsaturated/α-hetero) is 1. The predicted molar refractivity (Wildman–Crippen MR) is 57.3 cm³/mol. The fraction of sp³-hybridized carbons (Fsp3) is 0.444. The Labute approximate surface area is 89.7 Å². The Balaban J connectivity index is 2.73. The summed E-state index contributed by atoms with van der Waals surface area (Å²) in [6.45, 7) is 1.94. The number of thiophene rings is 1. The minimum absolute atomic E-state index is 0.177. The van der Waals surface area contributed by atoms with E-state index in [1.807, 2.05) is 18.4 Å². The van der Waals surface area contributed by atoms with Crippen LogP contribution >= 0.6 is 27.3 Å².